The van der Waals surface area contributed by atoms with Crippen molar-refractivity contribution in [3.63, 3.8) is 0 Å². The van der Waals surface area contributed by atoms with Gasteiger partial charge in [-0.15, -0.1) is 0 Å². The van der Waals surface area contributed by atoms with Gasteiger partial charge in [0.05, 0.1) is 0 Å². The Morgan fingerprint density at radius 1 is 1.12 bits per heavy atom. The number of benzene rings is 1. The summed E-state index contributed by atoms with van der Waals surface area (Å²) in [7, 11) is 0. The smallest absolute Gasteiger partial charge is 0.0196 e. The van der Waals surface area contributed by atoms with E-state index in [4.69, 9.17) is 0 Å². The fraction of sp³-hybridized carbons (Fsp3) is 0.500. The fourth-order valence-electron chi connectivity index (χ4n) is 2.50. The average Bonchev–Trinajstić information content (AvgIpc) is 2.38. The molecule has 1 aliphatic rings. The lowest BCUT2D eigenvalue weighted by atomic mass is 9.89. The number of aryl methyl sites for hydroxylation is 1. The Bertz CT molecular complexity index is 360. The number of rotatable bonds is 4. The molecule has 0 heterocycles. The van der Waals surface area contributed by atoms with Crippen LogP contribution in [0.5, 0.6) is 0 Å². The molecule has 0 bridgehead atoms. The van der Waals surface area contributed by atoms with Gasteiger partial charge in [0.1, 0.15) is 0 Å². The molecular weight excluding hydrogens is 192 g/mol. The van der Waals surface area contributed by atoms with E-state index in [0.717, 1.165) is 0 Å². The maximum atomic E-state index is 2.45. The molecule has 0 fully saturated rings. The molecule has 0 radical (unpaired) electrons. The lowest BCUT2D eigenvalue weighted by molar-refractivity contribution is 0.739. The minimum atomic E-state index is 1.24. The maximum Gasteiger partial charge on any atom is -0.0196 e. The van der Waals surface area contributed by atoms with Crippen LogP contribution in [-0.2, 0) is 6.42 Å². The fourth-order valence-corrected chi connectivity index (χ4v) is 2.50. The van der Waals surface area contributed by atoms with Crippen LogP contribution < -0.4 is 0 Å². The largest absolute Gasteiger partial charge is 0.0807 e. The SMILES string of the molecule is CCCCc1ccccc1C1=CCCCC1. The second-order valence-corrected chi connectivity index (χ2v) is 4.74. The van der Waals surface area contributed by atoms with E-state index in [-0.39, 0.29) is 0 Å². The van der Waals surface area contributed by atoms with Gasteiger partial charge in [-0.2, -0.15) is 0 Å². The third-order valence-electron chi connectivity index (χ3n) is 3.45. The average molecular weight is 214 g/mol. The minimum Gasteiger partial charge on any atom is -0.0807 e. The molecule has 16 heavy (non-hydrogen) atoms. The molecule has 0 nitrogen and oxygen atoms in total. The second kappa shape index (κ2) is 5.89. The quantitative estimate of drug-likeness (QED) is 0.662. The number of hydrogen-bond donors (Lipinski definition) is 0. The monoisotopic (exact) mass is 214 g/mol. The van der Waals surface area contributed by atoms with E-state index in [2.05, 4.69) is 37.3 Å². The van der Waals surface area contributed by atoms with Crippen LogP contribution in [0.2, 0.25) is 0 Å². The molecule has 1 aromatic carbocycles. The van der Waals surface area contributed by atoms with Gasteiger partial charge in [0, 0.05) is 0 Å². The van der Waals surface area contributed by atoms with Crippen molar-refractivity contribution in [2.75, 3.05) is 0 Å². The van der Waals surface area contributed by atoms with Gasteiger partial charge in [0.25, 0.3) is 0 Å². The molecule has 0 saturated carbocycles. The first-order valence-corrected chi connectivity index (χ1v) is 6.69. The summed E-state index contributed by atoms with van der Waals surface area (Å²) >= 11 is 0. The summed E-state index contributed by atoms with van der Waals surface area (Å²) in [5, 5.41) is 0. The first kappa shape index (κ1) is 11.4. The van der Waals surface area contributed by atoms with Crippen molar-refractivity contribution in [3.05, 3.63) is 41.5 Å². The summed E-state index contributed by atoms with van der Waals surface area (Å²) < 4.78 is 0. The minimum absolute atomic E-state index is 1.24. The van der Waals surface area contributed by atoms with Crippen LogP contribution in [-0.4, -0.2) is 0 Å². The number of hydrogen-bond acceptors (Lipinski definition) is 0. The molecule has 0 unspecified atom stereocenters. The van der Waals surface area contributed by atoms with E-state index < -0.39 is 0 Å². The van der Waals surface area contributed by atoms with Crippen molar-refractivity contribution < 1.29 is 0 Å². The molecule has 0 N–H and O–H groups in total. The zero-order valence-corrected chi connectivity index (χ0v) is 10.3. The van der Waals surface area contributed by atoms with Crippen LogP contribution in [0, 0.1) is 0 Å². The van der Waals surface area contributed by atoms with Crippen LogP contribution in [0.3, 0.4) is 0 Å². The summed E-state index contributed by atoms with van der Waals surface area (Å²) in [5.74, 6) is 0. The molecular formula is C16H22. The van der Waals surface area contributed by atoms with Crippen molar-refractivity contribution in [2.45, 2.75) is 51.9 Å². The highest BCUT2D eigenvalue weighted by Crippen LogP contribution is 2.29. The lowest BCUT2D eigenvalue weighted by Gasteiger charge is -2.16. The highest BCUT2D eigenvalue weighted by atomic mass is 14.1. The number of unbranched alkanes of at least 4 members (excludes halogenated alkanes) is 1. The Labute approximate surface area is 99.4 Å². The Kier molecular flexibility index (Phi) is 4.21. The summed E-state index contributed by atoms with van der Waals surface area (Å²) in [5.41, 5.74) is 4.67. The van der Waals surface area contributed by atoms with Gasteiger partial charge < -0.3 is 0 Å². The lowest BCUT2D eigenvalue weighted by Crippen LogP contribution is -1.97. The Hall–Kier alpha value is -1.04. The van der Waals surface area contributed by atoms with Gasteiger partial charge in [-0.25, -0.2) is 0 Å². The predicted octanol–water partition coefficient (Wildman–Crippen LogP) is 4.99. The summed E-state index contributed by atoms with van der Waals surface area (Å²) in [6.07, 6.45) is 11.6. The maximum absolute atomic E-state index is 2.45. The van der Waals surface area contributed by atoms with Gasteiger partial charge in [-0.3, -0.25) is 0 Å². The Morgan fingerprint density at radius 3 is 2.75 bits per heavy atom. The molecule has 0 aromatic heterocycles. The Balaban J connectivity index is 2.21. The highest BCUT2D eigenvalue weighted by Gasteiger charge is 2.09. The van der Waals surface area contributed by atoms with Gasteiger partial charge in [-0.05, 0) is 55.2 Å². The van der Waals surface area contributed by atoms with E-state index in [1.165, 1.54) is 50.5 Å². The summed E-state index contributed by atoms with van der Waals surface area (Å²) in [4.78, 5) is 0. The standard InChI is InChI=1S/C16H22/c1-2-3-9-14-12-7-8-13-16(14)15-10-5-4-6-11-15/h7-8,10,12-13H,2-6,9,11H2,1H3. The van der Waals surface area contributed by atoms with Crippen LogP contribution in [0.25, 0.3) is 5.57 Å². The predicted molar refractivity (Wildman–Crippen MR) is 71.5 cm³/mol. The van der Waals surface area contributed by atoms with Crippen molar-refractivity contribution in [3.8, 4) is 0 Å². The van der Waals surface area contributed by atoms with Crippen LogP contribution >= 0.6 is 0 Å². The van der Waals surface area contributed by atoms with Crippen molar-refractivity contribution in [2.24, 2.45) is 0 Å². The molecule has 0 spiro atoms. The van der Waals surface area contributed by atoms with E-state index in [1.54, 1.807) is 11.1 Å². The zero-order valence-electron chi connectivity index (χ0n) is 10.3. The zero-order chi connectivity index (χ0) is 11.2. The third-order valence-corrected chi connectivity index (χ3v) is 3.45. The van der Waals surface area contributed by atoms with Gasteiger partial charge in [0.15, 0.2) is 0 Å². The van der Waals surface area contributed by atoms with Gasteiger partial charge >= 0.3 is 0 Å². The molecule has 0 amide bonds. The molecule has 86 valence electrons. The van der Waals surface area contributed by atoms with Crippen LogP contribution in [0.4, 0.5) is 0 Å². The summed E-state index contributed by atoms with van der Waals surface area (Å²) in [6, 6.07) is 8.97. The molecule has 1 aromatic rings. The topological polar surface area (TPSA) is 0 Å². The van der Waals surface area contributed by atoms with Crippen molar-refractivity contribution in [1.29, 1.82) is 0 Å². The van der Waals surface area contributed by atoms with Crippen molar-refractivity contribution >= 4 is 5.57 Å². The van der Waals surface area contributed by atoms with E-state index >= 15 is 0 Å². The second-order valence-electron chi connectivity index (χ2n) is 4.74. The first-order chi connectivity index (χ1) is 7.92. The van der Waals surface area contributed by atoms with Crippen molar-refractivity contribution in [1.82, 2.24) is 0 Å². The van der Waals surface area contributed by atoms with Gasteiger partial charge in [0.2, 0.25) is 0 Å². The normalized spacial score (nSPS) is 15.9. The molecule has 0 heteroatoms. The van der Waals surface area contributed by atoms with Crippen LogP contribution in [0.15, 0.2) is 30.3 Å². The highest BCUT2D eigenvalue weighted by molar-refractivity contribution is 5.68. The van der Waals surface area contributed by atoms with E-state index in [9.17, 15) is 0 Å². The molecule has 0 aliphatic heterocycles. The van der Waals surface area contributed by atoms with E-state index in [1.807, 2.05) is 0 Å². The van der Waals surface area contributed by atoms with Gasteiger partial charge in [-0.1, -0.05) is 43.7 Å². The first-order valence-electron chi connectivity index (χ1n) is 6.69. The Morgan fingerprint density at radius 2 is 2.00 bits per heavy atom. The van der Waals surface area contributed by atoms with Crippen LogP contribution in [0.1, 0.15) is 56.6 Å². The molecule has 2 rings (SSSR count). The molecule has 0 saturated heterocycles. The summed E-state index contributed by atoms with van der Waals surface area (Å²) in [6.45, 7) is 2.27. The third kappa shape index (κ3) is 2.75. The molecule has 1 aliphatic carbocycles. The van der Waals surface area contributed by atoms with E-state index in [0.29, 0.717) is 0 Å². The number of allylic oxidation sites excluding steroid dienone is 2. The molecule has 0 atom stereocenters.